The van der Waals surface area contributed by atoms with Gasteiger partial charge in [0, 0.05) is 37.1 Å². The fourth-order valence-electron chi connectivity index (χ4n) is 1.48. The van der Waals surface area contributed by atoms with Crippen molar-refractivity contribution in [3.05, 3.63) is 0 Å². The van der Waals surface area contributed by atoms with Gasteiger partial charge < -0.3 is 21.1 Å². The number of rotatable bonds is 7. The Balaban J connectivity index is 1.98. The van der Waals surface area contributed by atoms with Crippen molar-refractivity contribution in [3.63, 3.8) is 0 Å². The van der Waals surface area contributed by atoms with Crippen LogP contribution in [0.3, 0.4) is 0 Å². The lowest BCUT2D eigenvalue weighted by atomic mass is 10.2. The minimum atomic E-state index is -0.500. The Morgan fingerprint density at radius 1 is 1.53 bits per heavy atom. The Bertz CT molecular complexity index is 257. The van der Waals surface area contributed by atoms with Gasteiger partial charge in [0.1, 0.15) is 6.61 Å². The maximum atomic E-state index is 11.5. The molecule has 1 aliphatic rings. The van der Waals surface area contributed by atoms with Crippen molar-refractivity contribution in [2.24, 2.45) is 5.73 Å². The quantitative estimate of drug-likeness (QED) is 0.495. The number of nitrogens with two attached hydrogens (primary N) is 1. The Morgan fingerprint density at radius 3 is 3.00 bits per heavy atom. The van der Waals surface area contributed by atoms with E-state index in [0.29, 0.717) is 19.6 Å². The molecule has 2 amide bonds. The van der Waals surface area contributed by atoms with Gasteiger partial charge in [-0.15, -0.1) is 0 Å². The molecule has 0 aromatic heterocycles. The first kappa shape index (κ1) is 14.3. The van der Waals surface area contributed by atoms with E-state index in [-0.39, 0.29) is 18.6 Å². The molecule has 1 atom stereocenters. The van der Waals surface area contributed by atoms with E-state index in [1.54, 1.807) is 0 Å². The molecule has 6 nitrogen and oxygen atoms in total. The van der Waals surface area contributed by atoms with E-state index in [9.17, 15) is 9.59 Å². The number of carbonyl (C=O) groups is 2. The molecule has 1 fully saturated rings. The number of hydrogen-bond donors (Lipinski definition) is 3. The lowest BCUT2D eigenvalue weighted by molar-refractivity contribution is -0.122. The van der Waals surface area contributed by atoms with Crippen LogP contribution < -0.4 is 16.4 Å². The summed E-state index contributed by atoms with van der Waals surface area (Å²) < 4.78 is 4.93. The molecule has 4 N–H and O–H groups in total. The molecule has 1 rings (SSSR count). The molecule has 0 aliphatic carbocycles. The molecule has 1 saturated heterocycles. The van der Waals surface area contributed by atoms with Gasteiger partial charge in [-0.25, -0.2) is 0 Å². The zero-order valence-electron chi connectivity index (χ0n) is 9.74. The van der Waals surface area contributed by atoms with Crippen LogP contribution in [-0.2, 0) is 14.3 Å². The molecule has 7 heteroatoms. The van der Waals surface area contributed by atoms with Crippen LogP contribution in [0.2, 0.25) is 0 Å². The van der Waals surface area contributed by atoms with Crippen molar-refractivity contribution in [2.45, 2.75) is 12.5 Å². The number of nitrogens with one attached hydrogen (secondary N) is 2. The van der Waals surface area contributed by atoms with Crippen molar-refractivity contribution in [1.29, 1.82) is 0 Å². The van der Waals surface area contributed by atoms with Crippen LogP contribution in [0.4, 0.5) is 0 Å². The van der Waals surface area contributed by atoms with E-state index < -0.39 is 5.91 Å². The molecule has 1 unspecified atom stereocenters. The number of thioether (sulfide) groups is 1. The number of carbonyl (C=O) groups excluding carboxylic acids is 2. The predicted octanol–water partition coefficient (Wildman–Crippen LogP) is -1.30. The second-order valence-electron chi connectivity index (χ2n) is 3.80. The van der Waals surface area contributed by atoms with Crippen molar-refractivity contribution in [3.8, 4) is 0 Å². The first-order valence-electron chi connectivity index (χ1n) is 5.62. The highest BCUT2D eigenvalue weighted by atomic mass is 32.2. The highest BCUT2D eigenvalue weighted by molar-refractivity contribution is 7.99. The molecule has 0 saturated carbocycles. The van der Waals surface area contributed by atoms with Crippen LogP contribution >= 0.6 is 11.8 Å². The van der Waals surface area contributed by atoms with Crippen LogP contribution in [0.5, 0.6) is 0 Å². The summed E-state index contributed by atoms with van der Waals surface area (Å²) in [5, 5.41) is 6.03. The maximum Gasteiger partial charge on any atom is 0.243 e. The van der Waals surface area contributed by atoms with Gasteiger partial charge >= 0.3 is 0 Å². The molecule has 1 aliphatic heterocycles. The molecule has 0 aromatic rings. The number of hydrogen-bond acceptors (Lipinski definition) is 5. The van der Waals surface area contributed by atoms with Crippen molar-refractivity contribution in [2.75, 3.05) is 37.8 Å². The van der Waals surface area contributed by atoms with E-state index in [4.69, 9.17) is 10.5 Å². The maximum absolute atomic E-state index is 11.5. The van der Waals surface area contributed by atoms with Gasteiger partial charge in [0.25, 0.3) is 0 Å². The largest absolute Gasteiger partial charge is 0.370 e. The molecule has 17 heavy (non-hydrogen) atoms. The van der Waals surface area contributed by atoms with Gasteiger partial charge in [0.2, 0.25) is 11.8 Å². The average Bonchev–Trinajstić information content (AvgIpc) is 2.29. The second kappa shape index (κ2) is 8.32. The van der Waals surface area contributed by atoms with Gasteiger partial charge in [-0.3, -0.25) is 9.59 Å². The summed E-state index contributed by atoms with van der Waals surface area (Å²) in [6.45, 7) is 1.58. The Labute approximate surface area is 105 Å². The number of ether oxygens (including phenoxy) is 1. The summed E-state index contributed by atoms with van der Waals surface area (Å²) in [4.78, 5) is 21.9. The SMILES string of the molecule is NC(=O)COCCNC(=O)CC1CSCCN1. The minimum Gasteiger partial charge on any atom is -0.370 e. The molecule has 0 spiro atoms. The number of amides is 2. The average molecular weight is 261 g/mol. The molecule has 98 valence electrons. The summed E-state index contributed by atoms with van der Waals surface area (Å²) in [6, 6.07) is 0.264. The fraction of sp³-hybridized carbons (Fsp3) is 0.800. The fourth-order valence-corrected chi connectivity index (χ4v) is 2.43. The predicted molar refractivity (Wildman–Crippen MR) is 66.8 cm³/mol. The monoisotopic (exact) mass is 261 g/mol. The summed E-state index contributed by atoms with van der Waals surface area (Å²) >= 11 is 1.86. The first-order chi connectivity index (χ1) is 8.18. The third-order valence-corrected chi connectivity index (χ3v) is 3.37. The van der Waals surface area contributed by atoms with E-state index in [1.807, 2.05) is 11.8 Å². The van der Waals surface area contributed by atoms with Gasteiger partial charge in [-0.2, -0.15) is 11.8 Å². The Hall–Kier alpha value is -0.790. The topological polar surface area (TPSA) is 93.5 Å². The van der Waals surface area contributed by atoms with Crippen LogP contribution in [0.15, 0.2) is 0 Å². The molecular weight excluding hydrogens is 242 g/mol. The summed E-state index contributed by atoms with van der Waals surface area (Å²) in [6.07, 6.45) is 0.489. The summed E-state index contributed by atoms with van der Waals surface area (Å²) in [5.41, 5.74) is 4.90. The lowest BCUT2D eigenvalue weighted by Crippen LogP contribution is -2.41. The summed E-state index contributed by atoms with van der Waals surface area (Å²) in [5.74, 6) is 1.59. The summed E-state index contributed by atoms with van der Waals surface area (Å²) in [7, 11) is 0. The smallest absolute Gasteiger partial charge is 0.243 e. The molecule has 0 bridgehead atoms. The molecule has 0 radical (unpaired) electrons. The van der Waals surface area contributed by atoms with Gasteiger partial charge in [0.05, 0.1) is 6.61 Å². The van der Waals surface area contributed by atoms with Crippen LogP contribution in [0.1, 0.15) is 6.42 Å². The highest BCUT2D eigenvalue weighted by Crippen LogP contribution is 2.09. The third kappa shape index (κ3) is 7.19. The first-order valence-corrected chi connectivity index (χ1v) is 6.78. The third-order valence-electron chi connectivity index (χ3n) is 2.24. The lowest BCUT2D eigenvalue weighted by Gasteiger charge is -2.22. The molecule has 0 aromatic carbocycles. The zero-order chi connectivity index (χ0) is 12.5. The Morgan fingerprint density at radius 2 is 2.35 bits per heavy atom. The van der Waals surface area contributed by atoms with Crippen LogP contribution in [0.25, 0.3) is 0 Å². The Kier molecular flexibility index (Phi) is 6.99. The van der Waals surface area contributed by atoms with E-state index in [2.05, 4.69) is 10.6 Å². The second-order valence-corrected chi connectivity index (χ2v) is 4.95. The van der Waals surface area contributed by atoms with Crippen molar-refractivity contribution >= 4 is 23.6 Å². The van der Waals surface area contributed by atoms with E-state index in [0.717, 1.165) is 18.1 Å². The van der Waals surface area contributed by atoms with Crippen molar-refractivity contribution in [1.82, 2.24) is 10.6 Å². The molecular formula is C10H19N3O3S. The highest BCUT2D eigenvalue weighted by Gasteiger charge is 2.16. The van der Waals surface area contributed by atoms with Gasteiger partial charge in [-0.05, 0) is 0 Å². The number of primary amides is 1. The van der Waals surface area contributed by atoms with Crippen molar-refractivity contribution < 1.29 is 14.3 Å². The standard InChI is InChI=1S/C10H19N3O3S/c11-9(14)6-16-3-1-13-10(15)5-8-7-17-4-2-12-8/h8,12H,1-7H2,(H2,11,14)(H,13,15). The van der Waals surface area contributed by atoms with Gasteiger partial charge in [-0.1, -0.05) is 0 Å². The van der Waals surface area contributed by atoms with Crippen LogP contribution in [0, 0.1) is 0 Å². The van der Waals surface area contributed by atoms with E-state index in [1.165, 1.54) is 0 Å². The molecule has 1 heterocycles. The zero-order valence-corrected chi connectivity index (χ0v) is 10.6. The van der Waals surface area contributed by atoms with Gasteiger partial charge in [0.15, 0.2) is 0 Å². The van der Waals surface area contributed by atoms with E-state index >= 15 is 0 Å². The normalized spacial score (nSPS) is 19.9. The van der Waals surface area contributed by atoms with Crippen LogP contribution in [-0.4, -0.2) is 55.7 Å². The minimum absolute atomic E-state index is 0.00711.